The summed E-state index contributed by atoms with van der Waals surface area (Å²) in [5.41, 5.74) is 27.5. The van der Waals surface area contributed by atoms with E-state index in [0.29, 0.717) is 0 Å². The zero-order chi connectivity index (χ0) is 50.3. The normalized spacial score (nSPS) is 13.1. The molecule has 5 aliphatic rings. The summed E-state index contributed by atoms with van der Waals surface area (Å²) in [4.78, 5) is 4.98. The number of benzene rings is 11. The Kier molecular flexibility index (Phi) is 11.9. The monoisotopic (exact) mass is 962 g/mol. The molecule has 0 heterocycles. The third kappa shape index (κ3) is 8.83. The van der Waals surface area contributed by atoms with Gasteiger partial charge in [0.2, 0.25) is 0 Å². The second-order valence-corrected chi connectivity index (χ2v) is 20.8. The fourth-order valence-electron chi connectivity index (χ4n) is 11.8. The first-order chi connectivity index (χ1) is 36.9. The van der Waals surface area contributed by atoms with Gasteiger partial charge in [0, 0.05) is 39.5 Å². The standard InChI is InChI=1S/C73H58N2/c1-73(2)69-21-13-12-20-67(69)68-47-38-62(50-70(68)73)59-36-45-66(46-37-59)75(65-43-34-58(35-44-65)55-18-10-5-11-19-55)72-49-52-23-27-60-26-22-51(24-28-61(72)29-25-52)48-71(60)74(63-39-30-56(31-40-63)53-14-6-3-7-15-53)64-41-32-57(33-42-64)54-16-8-4-9-17-54/h3-22,25-26,29-50H,23-24,27-28H2,1-2H3. The van der Waals surface area contributed by atoms with E-state index in [4.69, 9.17) is 0 Å². The fourth-order valence-corrected chi connectivity index (χ4v) is 11.8. The number of aryl methyl sites for hydroxylation is 4. The highest BCUT2D eigenvalue weighted by atomic mass is 15.2. The fraction of sp³-hybridized carbons (Fsp3) is 0.0959. The molecule has 0 radical (unpaired) electrons. The van der Waals surface area contributed by atoms with Gasteiger partial charge in [-0.3, -0.25) is 0 Å². The Bertz CT molecular complexity index is 3720. The maximum atomic E-state index is 2.50. The first-order valence-electron chi connectivity index (χ1n) is 26.6. The molecule has 75 heavy (non-hydrogen) atoms. The Hall–Kier alpha value is -8.98. The van der Waals surface area contributed by atoms with Crippen molar-refractivity contribution < 1.29 is 0 Å². The van der Waals surface area contributed by atoms with Gasteiger partial charge in [0.1, 0.15) is 0 Å². The molecule has 0 spiro atoms. The van der Waals surface area contributed by atoms with Crippen molar-refractivity contribution in [2.75, 3.05) is 9.80 Å². The largest absolute Gasteiger partial charge is 0.310 e. The predicted octanol–water partition coefficient (Wildman–Crippen LogP) is 19.5. The van der Waals surface area contributed by atoms with Gasteiger partial charge >= 0.3 is 0 Å². The van der Waals surface area contributed by atoms with E-state index in [0.717, 1.165) is 48.4 Å². The van der Waals surface area contributed by atoms with Gasteiger partial charge in [-0.1, -0.05) is 214 Å². The summed E-state index contributed by atoms with van der Waals surface area (Å²) >= 11 is 0. The van der Waals surface area contributed by atoms with Gasteiger partial charge < -0.3 is 9.80 Å². The van der Waals surface area contributed by atoms with Gasteiger partial charge in [0.15, 0.2) is 0 Å². The second-order valence-electron chi connectivity index (χ2n) is 20.8. The third-order valence-electron chi connectivity index (χ3n) is 15.9. The minimum atomic E-state index is -0.0561. The summed E-state index contributed by atoms with van der Waals surface area (Å²) in [6.07, 6.45) is 3.56. The molecule has 0 amide bonds. The molecule has 0 saturated carbocycles. The summed E-state index contributed by atoms with van der Waals surface area (Å²) in [6.45, 7) is 4.72. The molecule has 0 saturated heterocycles. The number of nitrogens with zero attached hydrogens (tertiary/aromatic N) is 2. The van der Waals surface area contributed by atoms with Crippen LogP contribution in [-0.2, 0) is 31.1 Å². The molecule has 0 fully saturated rings. The Morgan fingerprint density at radius 1 is 0.267 bits per heavy atom. The average Bonchev–Trinajstić information content (AvgIpc) is 3.72. The number of rotatable bonds is 10. The average molecular weight is 963 g/mol. The molecule has 0 atom stereocenters. The summed E-state index contributed by atoms with van der Waals surface area (Å²) in [6, 6.07) is 99.1. The van der Waals surface area contributed by atoms with Crippen LogP contribution in [0.2, 0.25) is 0 Å². The van der Waals surface area contributed by atoms with E-state index in [2.05, 4.69) is 291 Å². The highest BCUT2D eigenvalue weighted by Gasteiger charge is 2.35. The lowest BCUT2D eigenvalue weighted by Crippen LogP contribution is -2.15. The van der Waals surface area contributed by atoms with Crippen molar-refractivity contribution in [1.29, 1.82) is 0 Å². The van der Waals surface area contributed by atoms with Crippen molar-refractivity contribution >= 4 is 34.1 Å². The number of hydrogen-bond acceptors (Lipinski definition) is 2. The number of hydrogen-bond donors (Lipinski definition) is 0. The lowest BCUT2D eigenvalue weighted by Gasteiger charge is -2.30. The van der Waals surface area contributed by atoms with Crippen LogP contribution < -0.4 is 9.80 Å². The molecule has 2 nitrogen and oxygen atoms in total. The van der Waals surface area contributed by atoms with Gasteiger partial charge in [0.25, 0.3) is 0 Å². The molecule has 0 aliphatic heterocycles. The highest BCUT2D eigenvalue weighted by Crippen LogP contribution is 2.50. The highest BCUT2D eigenvalue weighted by molar-refractivity contribution is 5.86. The van der Waals surface area contributed by atoms with Crippen LogP contribution >= 0.6 is 0 Å². The summed E-state index contributed by atoms with van der Waals surface area (Å²) in [5, 5.41) is 0. The minimum absolute atomic E-state index is 0.0561. The van der Waals surface area contributed by atoms with Crippen LogP contribution in [0.25, 0.3) is 55.6 Å². The topological polar surface area (TPSA) is 6.48 Å². The molecule has 360 valence electrons. The Balaban J connectivity index is 0.866. The lowest BCUT2D eigenvalue weighted by atomic mass is 9.81. The van der Waals surface area contributed by atoms with E-state index in [1.165, 1.54) is 100 Å². The molecule has 11 aromatic rings. The van der Waals surface area contributed by atoms with E-state index >= 15 is 0 Å². The maximum Gasteiger partial charge on any atom is 0.0496 e. The summed E-state index contributed by atoms with van der Waals surface area (Å²) < 4.78 is 0. The number of anilines is 6. The van der Waals surface area contributed by atoms with Crippen molar-refractivity contribution in [1.82, 2.24) is 0 Å². The molecule has 5 aliphatic carbocycles. The van der Waals surface area contributed by atoms with Gasteiger partial charge in [-0.2, -0.15) is 0 Å². The van der Waals surface area contributed by atoms with Crippen LogP contribution in [0.5, 0.6) is 0 Å². The molecule has 0 unspecified atom stereocenters. The Morgan fingerprint density at radius 3 is 1.01 bits per heavy atom. The van der Waals surface area contributed by atoms with Gasteiger partial charge in [-0.05, 0) is 181 Å². The molecular weight excluding hydrogens is 905 g/mol. The number of fused-ring (bicyclic) bond motifs is 3. The van der Waals surface area contributed by atoms with Crippen molar-refractivity contribution in [3.05, 3.63) is 300 Å². The van der Waals surface area contributed by atoms with Crippen molar-refractivity contribution in [3.8, 4) is 55.6 Å². The SMILES string of the molecule is CC1(C)c2ccccc2-c2ccc(-c3ccc(N(c4ccc(-c5ccccc5)cc4)c4cc5ccc4CCc4ccc(c(N(c6ccc(-c7ccccc7)cc6)c6ccc(-c7ccccc7)cc6)c4)CC5)cc3)cc21. The Morgan fingerprint density at radius 2 is 0.600 bits per heavy atom. The maximum absolute atomic E-state index is 2.50. The summed E-state index contributed by atoms with van der Waals surface area (Å²) in [7, 11) is 0. The predicted molar refractivity (Wildman–Crippen MR) is 316 cm³/mol. The molecule has 2 heteroatoms. The van der Waals surface area contributed by atoms with Crippen LogP contribution in [0.3, 0.4) is 0 Å². The van der Waals surface area contributed by atoms with Crippen LogP contribution in [0, 0.1) is 0 Å². The van der Waals surface area contributed by atoms with E-state index in [-0.39, 0.29) is 5.41 Å². The van der Waals surface area contributed by atoms with Crippen molar-refractivity contribution in [3.63, 3.8) is 0 Å². The van der Waals surface area contributed by atoms with E-state index in [1.807, 2.05) is 0 Å². The van der Waals surface area contributed by atoms with E-state index < -0.39 is 0 Å². The third-order valence-corrected chi connectivity index (χ3v) is 15.9. The molecule has 16 rings (SSSR count). The van der Waals surface area contributed by atoms with Crippen LogP contribution in [-0.4, -0.2) is 0 Å². The van der Waals surface area contributed by atoms with Gasteiger partial charge in [-0.15, -0.1) is 0 Å². The molecule has 0 aromatic heterocycles. The van der Waals surface area contributed by atoms with E-state index in [1.54, 1.807) is 0 Å². The van der Waals surface area contributed by atoms with Crippen molar-refractivity contribution in [2.24, 2.45) is 0 Å². The molecule has 4 bridgehead atoms. The summed E-state index contributed by atoms with van der Waals surface area (Å²) in [5.74, 6) is 0. The van der Waals surface area contributed by atoms with Crippen LogP contribution in [0.4, 0.5) is 34.1 Å². The van der Waals surface area contributed by atoms with Crippen LogP contribution in [0.15, 0.2) is 267 Å². The lowest BCUT2D eigenvalue weighted by molar-refractivity contribution is 0.660. The van der Waals surface area contributed by atoms with Crippen molar-refractivity contribution in [2.45, 2.75) is 44.9 Å². The minimum Gasteiger partial charge on any atom is -0.310 e. The molecular formula is C73H58N2. The molecule has 11 aromatic carbocycles. The Labute approximate surface area is 442 Å². The zero-order valence-corrected chi connectivity index (χ0v) is 42.6. The second kappa shape index (κ2) is 19.5. The first kappa shape index (κ1) is 45.9. The van der Waals surface area contributed by atoms with E-state index in [9.17, 15) is 0 Å². The zero-order valence-electron chi connectivity index (χ0n) is 42.6. The molecule has 0 N–H and O–H groups in total. The van der Waals surface area contributed by atoms with Crippen LogP contribution in [0.1, 0.15) is 47.2 Å². The van der Waals surface area contributed by atoms with Gasteiger partial charge in [0.05, 0.1) is 0 Å². The van der Waals surface area contributed by atoms with Gasteiger partial charge in [-0.25, -0.2) is 0 Å². The first-order valence-corrected chi connectivity index (χ1v) is 26.6. The smallest absolute Gasteiger partial charge is 0.0496 e. The quantitative estimate of drug-likeness (QED) is 0.135.